The highest BCUT2D eigenvalue weighted by Crippen LogP contribution is 2.20. The molecule has 1 heterocycles. The van der Waals surface area contributed by atoms with Crippen LogP contribution in [0.15, 0.2) is 81.1 Å². The summed E-state index contributed by atoms with van der Waals surface area (Å²) in [6, 6.07) is 16.6. The van der Waals surface area contributed by atoms with Gasteiger partial charge in [0.2, 0.25) is 10.0 Å². The zero-order valence-corrected chi connectivity index (χ0v) is 16.1. The van der Waals surface area contributed by atoms with Gasteiger partial charge < -0.3 is 9.73 Å². The standard InChI is InChI=1S/C19H18N2O4S2/c1-26-17-6-2-4-15(12-17)21-19(22)14-7-9-18(10-8-14)27(23,24)20-13-16-5-3-11-25-16/h2-12,20H,13H2,1H3,(H,21,22). The maximum absolute atomic E-state index is 12.4. The Labute approximate surface area is 162 Å². The summed E-state index contributed by atoms with van der Waals surface area (Å²) in [5.74, 6) is 0.211. The zero-order valence-electron chi connectivity index (χ0n) is 14.5. The summed E-state index contributed by atoms with van der Waals surface area (Å²) < 4.78 is 32.2. The van der Waals surface area contributed by atoms with Crippen LogP contribution in [0.25, 0.3) is 0 Å². The molecule has 0 spiro atoms. The van der Waals surface area contributed by atoms with E-state index in [1.54, 1.807) is 30.0 Å². The van der Waals surface area contributed by atoms with Crippen molar-refractivity contribution in [2.24, 2.45) is 0 Å². The van der Waals surface area contributed by atoms with Crippen molar-refractivity contribution in [2.75, 3.05) is 11.6 Å². The van der Waals surface area contributed by atoms with Crippen LogP contribution in [0, 0.1) is 0 Å². The summed E-state index contributed by atoms with van der Waals surface area (Å²) in [7, 11) is -3.69. The Kier molecular flexibility index (Phi) is 6.00. The van der Waals surface area contributed by atoms with Crippen LogP contribution in [0.1, 0.15) is 16.1 Å². The SMILES string of the molecule is CSc1cccc(NC(=O)c2ccc(S(=O)(=O)NCc3ccco3)cc2)c1. The number of thioether (sulfide) groups is 1. The highest BCUT2D eigenvalue weighted by Gasteiger charge is 2.15. The molecule has 0 aliphatic rings. The minimum atomic E-state index is -3.69. The molecule has 8 heteroatoms. The van der Waals surface area contributed by atoms with E-state index in [-0.39, 0.29) is 17.3 Å². The molecule has 1 aromatic heterocycles. The predicted octanol–water partition coefficient (Wildman–Crippen LogP) is 3.73. The third-order valence-corrected chi connectivity index (χ3v) is 5.91. The van der Waals surface area contributed by atoms with Crippen molar-refractivity contribution >= 4 is 33.4 Å². The van der Waals surface area contributed by atoms with Crippen molar-refractivity contribution in [2.45, 2.75) is 16.3 Å². The van der Waals surface area contributed by atoms with Gasteiger partial charge in [-0.25, -0.2) is 13.1 Å². The topological polar surface area (TPSA) is 88.4 Å². The van der Waals surface area contributed by atoms with E-state index in [0.717, 1.165) is 4.90 Å². The zero-order chi connectivity index (χ0) is 19.3. The van der Waals surface area contributed by atoms with Gasteiger partial charge in [0.05, 0.1) is 17.7 Å². The van der Waals surface area contributed by atoms with Crippen molar-refractivity contribution in [1.82, 2.24) is 4.72 Å². The maximum atomic E-state index is 12.4. The number of hydrogen-bond acceptors (Lipinski definition) is 5. The Bertz CT molecular complexity index is 1010. The second-order valence-electron chi connectivity index (χ2n) is 5.61. The third kappa shape index (κ3) is 5.00. The van der Waals surface area contributed by atoms with E-state index < -0.39 is 10.0 Å². The first-order valence-corrected chi connectivity index (χ1v) is 10.8. The number of sulfonamides is 1. The smallest absolute Gasteiger partial charge is 0.255 e. The van der Waals surface area contributed by atoms with Crippen LogP contribution < -0.4 is 10.0 Å². The minimum absolute atomic E-state index is 0.0589. The summed E-state index contributed by atoms with van der Waals surface area (Å²) in [5.41, 5.74) is 1.05. The predicted molar refractivity (Wildman–Crippen MR) is 105 cm³/mol. The molecule has 0 unspecified atom stereocenters. The monoisotopic (exact) mass is 402 g/mol. The largest absolute Gasteiger partial charge is 0.468 e. The molecule has 0 saturated heterocycles. The molecular weight excluding hydrogens is 384 g/mol. The van der Waals surface area contributed by atoms with Crippen LogP contribution in [0.5, 0.6) is 0 Å². The third-order valence-electron chi connectivity index (χ3n) is 3.77. The molecule has 1 amide bonds. The highest BCUT2D eigenvalue weighted by atomic mass is 32.2. The molecule has 0 bridgehead atoms. The molecule has 6 nitrogen and oxygen atoms in total. The van der Waals surface area contributed by atoms with Crippen LogP contribution in [0.3, 0.4) is 0 Å². The Hall–Kier alpha value is -2.55. The summed E-state index contributed by atoms with van der Waals surface area (Å²) in [6.45, 7) is 0.0589. The number of anilines is 1. The average molecular weight is 402 g/mol. The van der Waals surface area contributed by atoms with E-state index in [1.165, 1.54) is 30.5 Å². The van der Waals surface area contributed by atoms with Gasteiger partial charge in [0, 0.05) is 16.1 Å². The lowest BCUT2D eigenvalue weighted by atomic mass is 10.2. The molecular formula is C19H18N2O4S2. The van der Waals surface area contributed by atoms with E-state index in [0.29, 0.717) is 17.0 Å². The van der Waals surface area contributed by atoms with Gasteiger partial charge in [-0.2, -0.15) is 0 Å². The van der Waals surface area contributed by atoms with Gasteiger partial charge in [-0.15, -0.1) is 11.8 Å². The number of hydrogen-bond donors (Lipinski definition) is 2. The molecule has 0 atom stereocenters. The summed E-state index contributed by atoms with van der Waals surface area (Å²) in [4.78, 5) is 13.5. The van der Waals surface area contributed by atoms with E-state index >= 15 is 0 Å². The number of benzene rings is 2. The quantitative estimate of drug-likeness (QED) is 0.588. The van der Waals surface area contributed by atoms with Crippen LogP contribution in [0.2, 0.25) is 0 Å². The Morgan fingerprint density at radius 1 is 1.07 bits per heavy atom. The number of amides is 1. The van der Waals surface area contributed by atoms with Crippen molar-refractivity contribution in [3.63, 3.8) is 0 Å². The van der Waals surface area contributed by atoms with Crippen LogP contribution in [0.4, 0.5) is 5.69 Å². The lowest BCUT2D eigenvalue weighted by Gasteiger charge is -2.08. The minimum Gasteiger partial charge on any atom is -0.468 e. The number of rotatable bonds is 7. The first kappa shape index (κ1) is 19.2. The fraction of sp³-hybridized carbons (Fsp3) is 0.105. The molecule has 0 radical (unpaired) electrons. The van der Waals surface area contributed by atoms with Gasteiger partial charge in [0.25, 0.3) is 5.91 Å². The van der Waals surface area contributed by atoms with Crippen molar-refractivity contribution < 1.29 is 17.6 Å². The molecule has 140 valence electrons. The van der Waals surface area contributed by atoms with E-state index in [2.05, 4.69) is 10.0 Å². The summed E-state index contributed by atoms with van der Waals surface area (Å²) in [6.07, 6.45) is 3.44. The second kappa shape index (κ2) is 8.43. The lowest BCUT2D eigenvalue weighted by Crippen LogP contribution is -2.23. The van der Waals surface area contributed by atoms with Crippen LogP contribution >= 0.6 is 11.8 Å². The van der Waals surface area contributed by atoms with E-state index in [9.17, 15) is 13.2 Å². The van der Waals surface area contributed by atoms with Crippen molar-refractivity contribution in [3.05, 3.63) is 78.3 Å². The number of carbonyl (C=O) groups is 1. The molecule has 27 heavy (non-hydrogen) atoms. The second-order valence-corrected chi connectivity index (χ2v) is 8.26. The normalized spacial score (nSPS) is 11.3. The molecule has 0 aliphatic carbocycles. The number of furan rings is 1. The van der Waals surface area contributed by atoms with Gasteiger partial charge in [0.15, 0.2) is 0 Å². The van der Waals surface area contributed by atoms with Gasteiger partial charge >= 0.3 is 0 Å². The molecule has 3 aromatic rings. The Balaban J connectivity index is 1.67. The molecule has 0 saturated carbocycles. The maximum Gasteiger partial charge on any atom is 0.255 e. The fourth-order valence-electron chi connectivity index (χ4n) is 2.35. The number of nitrogens with one attached hydrogen (secondary N) is 2. The van der Waals surface area contributed by atoms with E-state index in [1.807, 2.05) is 24.5 Å². The van der Waals surface area contributed by atoms with Crippen LogP contribution in [-0.2, 0) is 16.6 Å². The van der Waals surface area contributed by atoms with Gasteiger partial charge in [-0.3, -0.25) is 4.79 Å². The average Bonchev–Trinajstić information content (AvgIpc) is 3.20. The van der Waals surface area contributed by atoms with Crippen LogP contribution in [-0.4, -0.2) is 20.6 Å². The van der Waals surface area contributed by atoms with Crippen molar-refractivity contribution in [3.8, 4) is 0 Å². The van der Waals surface area contributed by atoms with Gasteiger partial charge in [0.1, 0.15) is 5.76 Å². The lowest BCUT2D eigenvalue weighted by molar-refractivity contribution is 0.102. The first-order valence-electron chi connectivity index (χ1n) is 8.05. The van der Waals surface area contributed by atoms with E-state index in [4.69, 9.17) is 4.42 Å². The van der Waals surface area contributed by atoms with Gasteiger partial charge in [-0.1, -0.05) is 6.07 Å². The van der Waals surface area contributed by atoms with Crippen molar-refractivity contribution in [1.29, 1.82) is 0 Å². The highest BCUT2D eigenvalue weighted by molar-refractivity contribution is 7.98. The number of carbonyl (C=O) groups excluding carboxylic acids is 1. The molecule has 2 N–H and O–H groups in total. The molecule has 0 aliphatic heterocycles. The molecule has 3 rings (SSSR count). The summed E-state index contributed by atoms with van der Waals surface area (Å²) >= 11 is 1.58. The fourth-order valence-corrected chi connectivity index (χ4v) is 3.80. The summed E-state index contributed by atoms with van der Waals surface area (Å²) in [5, 5.41) is 2.81. The Morgan fingerprint density at radius 3 is 2.52 bits per heavy atom. The van der Waals surface area contributed by atoms with Gasteiger partial charge in [-0.05, 0) is 60.9 Å². The molecule has 0 fully saturated rings. The first-order chi connectivity index (χ1) is 13.0. The Morgan fingerprint density at radius 2 is 1.85 bits per heavy atom. The molecule has 2 aromatic carbocycles.